The zero-order chi connectivity index (χ0) is 21.8. The van der Waals surface area contributed by atoms with Crippen molar-refractivity contribution < 1.29 is 14.4 Å². The fraction of sp³-hybridized carbons (Fsp3) is 0.625. The largest absolute Gasteiger partial charge is 0.342 e. The zero-order valence-electron chi connectivity index (χ0n) is 18.1. The van der Waals surface area contributed by atoms with Gasteiger partial charge in [-0.3, -0.25) is 14.4 Å². The maximum atomic E-state index is 13.5. The van der Waals surface area contributed by atoms with Crippen LogP contribution in [0.4, 0.5) is 0 Å². The molecule has 0 N–H and O–H groups in total. The summed E-state index contributed by atoms with van der Waals surface area (Å²) in [4.78, 5) is 45.1. The van der Waals surface area contributed by atoms with Crippen LogP contribution in [-0.4, -0.2) is 71.7 Å². The molecule has 0 spiro atoms. The van der Waals surface area contributed by atoms with Gasteiger partial charge in [0.25, 0.3) is 5.91 Å². The lowest BCUT2D eigenvalue weighted by atomic mass is 9.77. The molecular formula is C24H32ClN3O3. The van der Waals surface area contributed by atoms with Crippen molar-refractivity contribution in [1.29, 1.82) is 0 Å². The molecule has 2 atom stereocenters. The van der Waals surface area contributed by atoms with Gasteiger partial charge in [-0.1, -0.05) is 36.6 Å². The van der Waals surface area contributed by atoms with Crippen molar-refractivity contribution in [1.82, 2.24) is 14.7 Å². The first-order chi connectivity index (χ1) is 15.1. The predicted molar refractivity (Wildman–Crippen MR) is 120 cm³/mol. The molecular weight excluding hydrogens is 414 g/mol. The Bertz CT molecular complexity index is 824. The second-order valence-electron chi connectivity index (χ2n) is 8.98. The van der Waals surface area contributed by atoms with E-state index in [2.05, 4.69) is 0 Å². The first-order valence-electron chi connectivity index (χ1n) is 11.7. The summed E-state index contributed by atoms with van der Waals surface area (Å²) in [7, 11) is 0. The van der Waals surface area contributed by atoms with Crippen molar-refractivity contribution in [2.45, 2.75) is 44.9 Å². The second-order valence-corrected chi connectivity index (χ2v) is 9.39. The van der Waals surface area contributed by atoms with E-state index >= 15 is 0 Å². The highest BCUT2D eigenvalue weighted by Gasteiger charge is 2.40. The average molecular weight is 446 g/mol. The molecule has 2 aliphatic heterocycles. The third-order valence-corrected chi connectivity index (χ3v) is 7.35. The van der Waals surface area contributed by atoms with Crippen LogP contribution >= 0.6 is 11.6 Å². The lowest BCUT2D eigenvalue weighted by molar-refractivity contribution is -0.147. The molecule has 3 aliphatic rings. The summed E-state index contributed by atoms with van der Waals surface area (Å²) in [5.74, 6) is -0.194. The van der Waals surface area contributed by atoms with E-state index in [4.69, 9.17) is 11.6 Å². The topological polar surface area (TPSA) is 60.9 Å². The van der Waals surface area contributed by atoms with Gasteiger partial charge in [0.05, 0.1) is 10.6 Å². The Morgan fingerprint density at radius 3 is 1.84 bits per heavy atom. The van der Waals surface area contributed by atoms with E-state index in [1.54, 1.807) is 17.0 Å². The minimum atomic E-state index is -0.215. The van der Waals surface area contributed by atoms with Crippen LogP contribution < -0.4 is 0 Å². The van der Waals surface area contributed by atoms with Crippen molar-refractivity contribution in [3.63, 3.8) is 0 Å². The lowest BCUT2D eigenvalue weighted by Crippen LogP contribution is -2.47. The highest BCUT2D eigenvalue weighted by Crippen LogP contribution is 2.34. The van der Waals surface area contributed by atoms with Gasteiger partial charge in [-0.25, -0.2) is 0 Å². The van der Waals surface area contributed by atoms with Gasteiger partial charge in [-0.2, -0.15) is 0 Å². The Morgan fingerprint density at radius 1 is 0.677 bits per heavy atom. The number of nitrogens with zero attached hydrogens (tertiary/aromatic N) is 3. The predicted octanol–water partition coefficient (Wildman–Crippen LogP) is 3.44. The van der Waals surface area contributed by atoms with E-state index in [0.29, 0.717) is 36.8 Å². The maximum absolute atomic E-state index is 13.5. The third-order valence-electron chi connectivity index (χ3n) is 7.02. The molecule has 1 saturated carbocycles. The summed E-state index contributed by atoms with van der Waals surface area (Å²) in [5.41, 5.74) is 0.507. The molecule has 168 valence electrons. The summed E-state index contributed by atoms with van der Waals surface area (Å²) in [6.07, 6.45) is 6.51. The molecule has 0 radical (unpaired) electrons. The first kappa shape index (κ1) is 22.1. The smallest absolute Gasteiger partial charge is 0.255 e. The minimum Gasteiger partial charge on any atom is -0.342 e. The Kier molecular flexibility index (Phi) is 7.16. The monoisotopic (exact) mass is 445 g/mol. The molecule has 6 nitrogen and oxygen atoms in total. The number of rotatable bonds is 3. The van der Waals surface area contributed by atoms with Crippen LogP contribution in [-0.2, 0) is 9.59 Å². The number of amides is 3. The Hall–Kier alpha value is -2.08. The van der Waals surface area contributed by atoms with E-state index in [-0.39, 0.29) is 29.6 Å². The fourth-order valence-electron chi connectivity index (χ4n) is 5.27. The second kappa shape index (κ2) is 10.0. The van der Waals surface area contributed by atoms with Crippen molar-refractivity contribution in [2.75, 3.05) is 39.3 Å². The molecule has 0 bridgehead atoms. The van der Waals surface area contributed by atoms with Crippen molar-refractivity contribution >= 4 is 29.3 Å². The van der Waals surface area contributed by atoms with Gasteiger partial charge in [0, 0.05) is 51.1 Å². The number of hydrogen-bond acceptors (Lipinski definition) is 3. The number of likely N-dealkylation sites (tertiary alicyclic amines) is 1. The molecule has 2 unspecified atom stereocenters. The van der Waals surface area contributed by atoms with Crippen LogP contribution in [0.2, 0.25) is 5.02 Å². The van der Waals surface area contributed by atoms with Crippen molar-refractivity contribution in [2.24, 2.45) is 11.8 Å². The SMILES string of the molecule is O=C(c1ccccc1Cl)N1CCCN(C(=O)C2CCCCC2C(=O)N2CCCC2)CC1. The summed E-state index contributed by atoms with van der Waals surface area (Å²) in [5, 5.41) is 0.454. The number of carbonyl (C=O) groups is 3. The number of halogens is 1. The Balaban J connectivity index is 1.41. The minimum absolute atomic E-state index is 0.0837. The van der Waals surface area contributed by atoms with Gasteiger partial charge >= 0.3 is 0 Å². The van der Waals surface area contributed by atoms with Gasteiger partial charge in [0.2, 0.25) is 11.8 Å². The van der Waals surface area contributed by atoms with E-state index in [1.807, 2.05) is 21.9 Å². The first-order valence-corrected chi connectivity index (χ1v) is 12.1. The molecule has 1 aliphatic carbocycles. The third kappa shape index (κ3) is 4.89. The molecule has 3 fully saturated rings. The standard InChI is InChI=1S/C24H32ClN3O3/c25-21-11-4-3-10-20(21)24(31)28-15-7-14-27(16-17-28)23(30)19-9-2-1-8-18(19)22(29)26-12-5-6-13-26/h3-4,10-11,18-19H,1-2,5-9,12-17H2. The quantitative estimate of drug-likeness (QED) is 0.716. The van der Waals surface area contributed by atoms with Crippen molar-refractivity contribution in [3.05, 3.63) is 34.9 Å². The van der Waals surface area contributed by atoms with E-state index < -0.39 is 0 Å². The highest BCUT2D eigenvalue weighted by molar-refractivity contribution is 6.33. The summed E-state index contributed by atoms with van der Waals surface area (Å²) in [6, 6.07) is 7.09. The van der Waals surface area contributed by atoms with Crippen LogP contribution in [0.25, 0.3) is 0 Å². The van der Waals surface area contributed by atoms with Gasteiger partial charge in [0.15, 0.2) is 0 Å². The maximum Gasteiger partial charge on any atom is 0.255 e. The van der Waals surface area contributed by atoms with Crippen molar-refractivity contribution in [3.8, 4) is 0 Å². The molecule has 2 heterocycles. The molecule has 3 amide bonds. The van der Waals surface area contributed by atoms with Crippen LogP contribution in [0.1, 0.15) is 55.3 Å². The van der Waals surface area contributed by atoms with Gasteiger partial charge in [-0.15, -0.1) is 0 Å². The normalized spacial score (nSPS) is 24.7. The zero-order valence-corrected chi connectivity index (χ0v) is 18.9. The molecule has 0 aromatic heterocycles. The van der Waals surface area contributed by atoms with Gasteiger partial charge < -0.3 is 14.7 Å². The number of carbonyl (C=O) groups excluding carboxylic acids is 3. The average Bonchev–Trinajstić information content (AvgIpc) is 3.22. The summed E-state index contributed by atoms with van der Waals surface area (Å²) in [6.45, 7) is 3.91. The van der Waals surface area contributed by atoms with Gasteiger partial charge in [-0.05, 0) is 44.2 Å². The summed E-state index contributed by atoms with van der Waals surface area (Å²) >= 11 is 6.21. The van der Waals surface area contributed by atoms with Crippen LogP contribution in [0.15, 0.2) is 24.3 Å². The van der Waals surface area contributed by atoms with Gasteiger partial charge in [0.1, 0.15) is 0 Å². The summed E-state index contributed by atoms with van der Waals surface area (Å²) < 4.78 is 0. The molecule has 4 rings (SSSR count). The van der Waals surface area contributed by atoms with Crippen LogP contribution in [0, 0.1) is 11.8 Å². The van der Waals surface area contributed by atoms with Crippen LogP contribution in [0.5, 0.6) is 0 Å². The number of benzene rings is 1. The lowest BCUT2D eigenvalue weighted by Gasteiger charge is -2.35. The Morgan fingerprint density at radius 2 is 1.19 bits per heavy atom. The Labute approximate surface area is 189 Å². The van der Waals surface area contributed by atoms with E-state index in [0.717, 1.165) is 58.0 Å². The fourth-order valence-corrected chi connectivity index (χ4v) is 5.49. The molecule has 1 aromatic carbocycles. The molecule has 1 aromatic rings. The van der Waals surface area contributed by atoms with E-state index in [9.17, 15) is 14.4 Å². The molecule has 7 heteroatoms. The van der Waals surface area contributed by atoms with E-state index in [1.165, 1.54) is 0 Å². The van der Waals surface area contributed by atoms with Crippen LogP contribution in [0.3, 0.4) is 0 Å². The highest BCUT2D eigenvalue weighted by atomic mass is 35.5. The molecule has 31 heavy (non-hydrogen) atoms. The number of hydrogen-bond donors (Lipinski definition) is 0. The molecule has 2 saturated heterocycles.